The molecule has 1 aliphatic carbocycles. The number of fused-ring (bicyclic) bond motifs is 4. The Morgan fingerprint density at radius 3 is 2.63 bits per heavy atom. The van der Waals surface area contributed by atoms with Crippen LogP contribution in [0.15, 0.2) is 30.6 Å². The summed E-state index contributed by atoms with van der Waals surface area (Å²) in [5, 5.41) is 7.22. The lowest BCUT2D eigenvalue weighted by Gasteiger charge is -2.44. The Labute approximate surface area is 204 Å². The van der Waals surface area contributed by atoms with Crippen LogP contribution in [-0.2, 0) is 10.3 Å². The Balaban J connectivity index is 1.27. The molecule has 10 heteroatoms. The molecule has 2 aliphatic heterocycles. The van der Waals surface area contributed by atoms with Gasteiger partial charge in [-0.05, 0) is 50.9 Å². The zero-order valence-electron chi connectivity index (χ0n) is 20.3. The van der Waals surface area contributed by atoms with Gasteiger partial charge in [-0.3, -0.25) is 4.79 Å². The Morgan fingerprint density at radius 1 is 1.11 bits per heavy atom. The molecule has 0 atom stereocenters. The molecule has 1 saturated carbocycles. The molecule has 1 amide bonds. The van der Waals surface area contributed by atoms with Gasteiger partial charge in [-0.15, -0.1) is 0 Å². The molecule has 3 aliphatic rings. The number of nitrogens with one attached hydrogen (secondary N) is 2. The van der Waals surface area contributed by atoms with Crippen molar-refractivity contribution in [2.24, 2.45) is 0 Å². The van der Waals surface area contributed by atoms with E-state index in [0.717, 1.165) is 68.6 Å². The number of likely N-dealkylation sites (N-methyl/N-ethyl adjacent to an activating group) is 1. The first-order chi connectivity index (χ1) is 17.0. The molecule has 5 heterocycles. The van der Waals surface area contributed by atoms with E-state index in [1.54, 1.807) is 13.3 Å². The van der Waals surface area contributed by atoms with E-state index in [1.165, 1.54) is 0 Å². The van der Waals surface area contributed by atoms with Gasteiger partial charge in [0.1, 0.15) is 17.2 Å². The van der Waals surface area contributed by atoms with E-state index in [-0.39, 0.29) is 17.6 Å². The molecule has 0 bridgehead atoms. The molecule has 1 spiro atoms. The number of carbonyl (C=O) groups excluding carboxylic acids is 1. The minimum absolute atomic E-state index is 0.0573. The number of ether oxygens (including phenoxy) is 1. The summed E-state index contributed by atoms with van der Waals surface area (Å²) in [6.45, 7) is 4.73. The van der Waals surface area contributed by atoms with Crippen molar-refractivity contribution in [3.05, 3.63) is 36.3 Å². The average molecular weight is 477 g/mol. The van der Waals surface area contributed by atoms with Crippen molar-refractivity contribution in [2.45, 2.75) is 37.3 Å². The first kappa shape index (κ1) is 22.2. The zero-order valence-corrected chi connectivity index (χ0v) is 20.3. The Morgan fingerprint density at radius 2 is 1.91 bits per heavy atom. The third kappa shape index (κ3) is 4.00. The highest BCUT2D eigenvalue weighted by Crippen LogP contribution is 2.41. The number of aromatic nitrogens is 4. The minimum Gasteiger partial charge on any atom is -0.381 e. The number of hydrogen-bond acceptors (Lipinski definition) is 8. The summed E-state index contributed by atoms with van der Waals surface area (Å²) < 4.78 is 7.75. The largest absolute Gasteiger partial charge is 0.381 e. The molecule has 0 aromatic carbocycles. The number of amides is 1. The van der Waals surface area contributed by atoms with Crippen LogP contribution in [-0.4, -0.2) is 83.3 Å². The second-order valence-corrected chi connectivity index (χ2v) is 10.00. The van der Waals surface area contributed by atoms with Gasteiger partial charge in [-0.1, -0.05) is 0 Å². The van der Waals surface area contributed by atoms with E-state index < -0.39 is 0 Å². The predicted octanol–water partition coefficient (Wildman–Crippen LogP) is 2.35. The summed E-state index contributed by atoms with van der Waals surface area (Å²) in [7, 11) is 3.93. The molecule has 35 heavy (non-hydrogen) atoms. The summed E-state index contributed by atoms with van der Waals surface area (Å²) in [5.41, 5.74) is 2.38. The smallest absolute Gasteiger partial charge is 0.268 e. The molecule has 2 N–H and O–H groups in total. The number of nitrogens with zero attached hydrogens (tertiary/aromatic N) is 6. The fourth-order valence-electron chi connectivity index (χ4n) is 5.70. The van der Waals surface area contributed by atoms with E-state index >= 15 is 0 Å². The van der Waals surface area contributed by atoms with Gasteiger partial charge < -0.3 is 29.7 Å². The Hall–Kier alpha value is -3.24. The minimum atomic E-state index is -0.186. The summed E-state index contributed by atoms with van der Waals surface area (Å²) in [5.74, 6) is 1.11. The maximum Gasteiger partial charge on any atom is 0.268 e. The summed E-state index contributed by atoms with van der Waals surface area (Å²) in [4.78, 5) is 31.4. The van der Waals surface area contributed by atoms with Crippen molar-refractivity contribution in [1.82, 2.24) is 29.7 Å². The standard InChI is InChI=1S/C25H32N8O2/c1-31-9-11-32(12-10-31)18-3-4-21(26-15-18)29-24-27-14-17-13-20-23(34)28-16-25(33(20)22(17)30-24)7-5-19(35-2)6-8-25/h3-4,13-15,19H,5-12,16H2,1-2H3,(H,28,34)(H,26,27,29,30)/t19-,25-. The maximum atomic E-state index is 12.7. The van der Waals surface area contributed by atoms with Gasteiger partial charge in [0.15, 0.2) is 0 Å². The molecular formula is C25H32N8O2. The second-order valence-electron chi connectivity index (χ2n) is 10.00. The van der Waals surface area contributed by atoms with Crippen LogP contribution in [0.25, 0.3) is 11.0 Å². The monoisotopic (exact) mass is 476 g/mol. The van der Waals surface area contributed by atoms with Crippen molar-refractivity contribution in [2.75, 3.05) is 57.1 Å². The van der Waals surface area contributed by atoms with Gasteiger partial charge in [-0.25, -0.2) is 9.97 Å². The van der Waals surface area contributed by atoms with Gasteiger partial charge >= 0.3 is 0 Å². The van der Waals surface area contributed by atoms with Gasteiger partial charge in [-0.2, -0.15) is 4.98 Å². The van der Waals surface area contributed by atoms with Gasteiger partial charge in [0.2, 0.25) is 5.95 Å². The molecule has 3 aromatic rings. The molecule has 10 nitrogen and oxygen atoms in total. The number of hydrogen-bond donors (Lipinski definition) is 2. The van der Waals surface area contributed by atoms with Crippen molar-refractivity contribution < 1.29 is 9.53 Å². The molecule has 0 radical (unpaired) electrons. The van der Waals surface area contributed by atoms with Crippen molar-refractivity contribution in [3.8, 4) is 0 Å². The van der Waals surface area contributed by atoms with Crippen molar-refractivity contribution in [3.63, 3.8) is 0 Å². The van der Waals surface area contributed by atoms with E-state index in [0.29, 0.717) is 24.0 Å². The van der Waals surface area contributed by atoms with Crippen LogP contribution >= 0.6 is 0 Å². The van der Waals surface area contributed by atoms with E-state index in [9.17, 15) is 4.79 Å². The molecule has 3 aromatic heterocycles. The van der Waals surface area contributed by atoms with E-state index in [2.05, 4.69) is 48.1 Å². The van der Waals surface area contributed by atoms with Gasteiger partial charge in [0.25, 0.3) is 5.91 Å². The first-order valence-electron chi connectivity index (χ1n) is 12.4. The number of rotatable bonds is 4. The molecular weight excluding hydrogens is 444 g/mol. The van der Waals surface area contributed by atoms with Crippen LogP contribution < -0.4 is 15.5 Å². The number of pyridine rings is 1. The van der Waals surface area contributed by atoms with Crippen LogP contribution in [0.5, 0.6) is 0 Å². The first-order valence-corrected chi connectivity index (χ1v) is 12.4. The maximum absolute atomic E-state index is 12.7. The van der Waals surface area contributed by atoms with Crippen LogP contribution in [0, 0.1) is 0 Å². The van der Waals surface area contributed by atoms with Crippen LogP contribution in [0.3, 0.4) is 0 Å². The number of carbonyl (C=O) groups is 1. The third-order valence-electron chi connectivity index (χ3n) is 7.88. The van der Waals surface area contributed by atoms with Crippen LogP contribution in [0.1, 0.15) is 36.2 Å². The third-order valence-corrected chi connectivity index (χ3v) is 7.88. The molecule has 184 valence electrons. The average Bonchev–Trinajstić information content (AvgIpc) is 3.29. The zero-order chi connectivity index (χ0) is 24.0. The fourth-order valence-corrected chi connectivity index (χ4v) is 5.70. The van der Waals surface area contributed by atoms with Gasteiger partial charge in [0, 0.05) is 51.4 Å². The number of methoxy groups -OCH3 is 1. The van der Waals surface area contributed by atoms with E-state index in [1.807, 2.05) is 18.3 Å². The molecule has 0 unspecified atom stereocenters. The molecule has 2 fully saturated rings. The molecule has 6 rings (SSSR count). The second kappa shape index (κ2) is 8.76. The summed E-state index contributed by atoms with van der Waals surface area (Å²) in [6.07, 6.45) is 7.76. The predicted molar refractivity (Wildman–Crippen MR) is 134 cm³/mol. The van der Waals surface area contributed by atoms with Gasteiger partial charge in [0.05, 0.1) is 23.5 Å². The lowest BCUT2D eigenvalue weighted by Crippen LogP contribution is -2.53. The Kier molecular flexibility index (Phi) is 5.57. The lowest BCUT2D eigenvalue weighted by molar-refractivity contribution is 0.0269. The quantitative estimate of drug-likeness (QED) is 0.592. The highest BCUT2D eigenvalue weighted by molar-refractivity contribution is 5.99. The van der Waals surface area contributed by atoms with Crippen LogP contribution in [0.2, 0.25) is 0 Å². The van der Waals surface area contributed by atoms with Crippen molar-refractivity contribution >= 4 is 34.4 Å². The topological polar surface area (TPSA) is 100 Å². The number of piperazine rings is 1. The normalized spacial score (nSPS) is 25.0. The van der Waals surface area contributed by atoms with E-state index in [4.69, 9.17) is 9.72 Å². The number of anilines is 3. The fraction of sp³-hybridized carbons (Fsp3) is 0.520. The highest BCUT2D eigenvalue weighted by atomic mass is 16.5. The Bertz CT molecular complexity index is 1220. The highest BCUT2D eigenvalue weighted by Gasteiger charge is 2.43. The lowest BCUT2D eigenvalue weighted by atomic mass is 9.79. The van der Waals surface area contributed by atoms with Crippen LogP contribution in [0.4, 0.5) is 17.5 Å². The van der Waals surface area contributed by atoms with Crippen molar-refractivity contribution in [1.29, 1.82) is 0 Å². The molecule has 1 saturated heterocycles. The summed E-state index contributed by atoms with van der Waals surface area (Å²) in [6, 6.07) is 5.96. The SMILES string of the molecule is CO[C@H]1CC[C@]2(CC1)CNC(=O)c1cc3cnc(Nc4ccc(N5CCN(C)CC5)cn4)nc3n12. The summed E-state index contributed by atoms with van der Waals surface area (Å²) >= 11 is 0.